The predicted molar refractivity (Wildman–Crippen MR) is 107 cm³/mol. The van der Waals surface area contributed by atoms with Crippen molar-refractivity contribution < 1.29 is 0 Å². The van der Waals surface area contributed by atoms with Gasteiger partial charge in [-0.1, -0.05) is 18.2 Å². The van der Waals surface area contributed by atoms with E-state index in [1.807, 2.05) is 12.1 Å². The fourth-order valence-electron chi connectivity index (χ4n) is 3.09. The number of rotatable bonds is 7. The molecule has 0 radical (unpaired) electrons. The number of fused-ring (bicyclic) bond motifs is 1. The van der Waals surface area contributed by atoms with E-state index in [0.29, 0.717) is 5.82 Å². The molecule has 4 aromatic rings. The molecule has 0 spiro atoms. The van der Waals surface area contributed by atoms with E-state index < -0.39 is 0 Å². The summed E-state index contributed by atoms with van der Waals surface area (Å²) in [6.07, 6.45) is 1.59. The summed E-state index contributed by atoms with van der Waals surface area (Å²) in [7, 11) is 4.16. The molecule has 2 heterocycles. The van der Waals surface area contributed by atoms with Crippen molar-refractivity contribution in [2.24, 2.45) is 0 Å². The topological polar surface area (TPSA) is 85.5 Å². The summed E-state index contributed by atoms with van der Waals surface area (Å²) >= 11 is 0. The Morgan fingerprint density at radius 3 is 2.78 bits per heavy atom. The Kier molecular flexibility index (Phi) is 4.95. The number of aromatic amines is 2. The minimum Gasteiger partial charge on any atom is -0.311 e. The molecule has 7 heteroatoms. The Bertz CT molecular complexity index is 1020. The molecule has 4 rings (SSSR count). The Morgan fingerprint density at radius 2 is 1.96 bits per heavy atom. The Balaban J connectivity index is 1.60. The number of hydrogen-bond acceptors (Lipinski definition) is 5. The predicted octanol–water partition coefficient (Wildman–Crippen LogP) is 2.67. The van der Waals surface area contributed by atoms with E-state index in [0.717, 1.165) is 47.4 Å². The minimum atomic E-state index is 0.683. The summed E-state index contributed by atoms with van der Waals surface area (Å²) in [5.74, 6) is 0.683. The summed E-state index contributed by atoms with van der Waals surface area (Å²) in [4.78, 5) is 6.41. The normalized spacial score (nSPS) is 11.5. The first-order valence-corrected chi connectivity index (χ1v) is 9.00. The molecule has 0 fully saturated rings. The van der Waals surface area contributed by atoms with Crippen LogP contribution in [0.5, 0.6) is 0 Å². The molecule has 0 amide bonds. The lowest BCUT2D eigenvalue weighted by Crippen LogP contribution is -2.26. The van der Waals surface area contributed by atoms with Crippen LogP contribution in [0.25, 0.3) is 33.5 Å². The van der Waals surface area contributed by atoms with E-state index in [2.05, 4.69) is 80.0 Å². The van der Waals surface area contributed by atoms with Crippen molar-refractivity contribution in [2.45, 2.75) is 6.54 Å². The minimum absolute atomic E-state index is 0.683. The van der Waals surface area contributed by atoms with Gasteiger partial charge in [-0.3, -0.25) is 10.2 Å². The standard InChI is InChI=1S/C20H23N7/c1-27(2)9-8-21-12-14-4-3-5-15(10-14)19-17-11-16(20-22-13-23-26-20)6-7-18(17)24-25-19/h3-7,10-11,13,21H,8-9,12H2,1-2H3,(H,24,25)(H,22,23,26). The molecule has 0 saturated heterocycles. The van der Waals surface area contributed by atoms with E-state index in [4.69, 9.17) is 0 Å². The fourth-order valence-corrected chi connectivity index (χ4v) is 3.09. The summed E-state index contributed by atoms with van der Waals surface area (Å²) in [6.45, 7) is 2.82. The van der Waals surface area contributed by atoms with E-state index in [1.165, 1.54) is 5.56 Å². The van der Waals surface area contributed by atoms with Gasteiger partial charge in [0.05, 0.1) is 11.2 Å². The number of aromatic nitrogens is 5. The molecule has 138 valence electrons. The number of H-pyrrole nitrogens is 2. The van der Waals surface area contributed by atoms with Gasteiger partial charge in [0.25, 0.3) is 0 Å². The molecule has 3 N–H and O–H groups in total. The van der Waals surface area contributed by atoms with Crippen molar-refractivity contribution >= 4 is 10.9 Å². The highest BCUT2D eigenvalue weighted by molar-refractivity contribution is 5.95. The third-order valence-electron chi connectivity index (χ3n) is 4.50. The number of hydrogen-bond donors (Lipinski definition) is 3. The molecule has 0 atom stereocenters. The average molecular weight is 361 g/mol. The van der Waals surface area contributed by atoms with Crippen LogP contribution in [-0.2, 0) is 6.54 Å². The highest BCUT2D eigenvalue weighted by Crippen LogP contribution is 2.29. The molecular formula is C20H23N7. The van der Waals surface area contributed by atoms with Gasteiger partial charge >= 0.3 is 0 Å². The molecule has 0 aliphatic carbocycles. The summed E-state index contributed by atoms with van der Waals surface area (Å²) in [5, 5.41) is 19.1. The van der Waals surface area contributed by atoms with Crippen LogP contribution in [-0.4, -0.2) is 57.5 Å². The fraction of sp³-hybridized carbons (Fsp3) is 0.250. The second-order valence-electron chi connectivity index (χ2n) is 6.84. The van der Waals surface area contributed by atoms with Gasteiger partial charge in [0.2, 0.25) is 0 Å². The van der Waals surface area contributed by atoms with Gasteiger partial charge in [-0.15, -0.1) is 0 Å². The van der Waals surface area contributed by atoms with Crippen LogP contribution in [0.3, 0.4) is 0 Å². The van der Waals surface area contributed by atoms with Crippen LogP contribution in [0.1, 0.15) is 5.56 Å². The van der Waals surface area contributed by atoms with Gasteiger partial charge in [-0.05, 0) is 43.9 Å². The maximum Gasteiger partial charge on any atom is 0.180 e. The molecular weight excluding hydrogens is 338 g/mol. The SMILES string of the molecule is CN(C)CCNCc1cccc(-c2n[nH]c3ccc(-c4nc[nH]n4)cc23)c1. The number of nitrogens with zero attached hydrogens (tertiary/aromatic N) is 4. The second kappa shape index (κ2) is 7.69. The van der Waals surface area contributed by atoms with Gasteiger partial charge in [-0.2, -0.15) is 10.2 Å². The lowest BCUT2D eigenvalue weighted by molar-refractivity contribution is 0.400. The molecule has 0 bridgehead atoms. The van der Waals surface area contributed by atoms with E-state index >= 15 is 0 Å². The third-order valence-corrected chi connectivity index (χ3v) is 4.50. The van der Waals surface area contributed by atoms with Gasteiger partial charge in [0, 0.05) is 36.1 Å². The molecule has 7 nitrogen and oxygen atoms in total. The van der Waals surface area contributed by atoms with Gasteiger partial charge in [0.1, 0.15) is 6.33 Å². The van der Waals surface area contributed by atoms with Crippen LogP contribution >= 0.6 is 0 Å². The van der Waals surface area contributed by atoms with Crippen molar-refractivity contribution in [1.82, 2.24) is 35.6 Å². The maximum absolute atomic E-state index is 4.55. The van der Waals surface area contributed by atoms with Crippen molar-refractivity contribution in [3.05, 3.63) is 54.4 Å². The van der Waals surface area contributed by atoms with Crippen molar-refractivity contribution in [3.63, 3.8) is 0 Å². The lowest BCUT2D eigenvalue weighted by Gasteiger charge is -2.10. The van der Waals surface area contributed by atoms with E-state index in [9.17, 15) is 0 Å². The summed E-state index contributed by atoms with van der Waals surface area (Å²) in [6, 6.07) is 14.6. The highest BCUT2D eigenvalue weighted by atomic mass is 15.2. The van der Waals surface area contributed by atoms with Crippen LogP contribution in [0.15, 0.2) is 48.8 Å². The third kappa shape index (κ3) is 3.89. The van der Waals surface area contributed by atoms with E-state index in [1.54, 1.807) is 6.33 Å². The smallest absolute Gasteiger partial charge is 0.180 e. The Labute approximate surface area is 157 Å². The van der Waals surface area contributed by atoms with Crippen molar-refractivity contribution in [2.75, 3.05) is 27.2 Å². The van der Waals surface area contributed by atoms with Gasteiger partial charge in [0.15, 0.2) is 5.82 Å². The van der Waals surface area contributed by atoms with Crippen LogP contribution in [0, 0.1) is 0 Å². The second-order valence-corrected chi connectivity index (χ2v) is 6.84. The quantitative estimate of drug-likeness (QED) is 0.441. The zero-order valence-corrected chi connectivity index (χ0v) is 15.5. The number of benzene rings is 2. The molecule has 0 aliphatic rings. The molecule has 0 unspecified atom stereocenters. The average Bonchev–Trinajstić information content (AvgIpc) is 3.34. The summed E-state index contributed by atoms with van der Waals surface area (Å²) < 4.78 is 0. The monoisotopic (exact) mass is 361 g/mol. The molecule has 2 aromatic heterocycles. The first kappa shape index (κ1) is 17.4. The van der Waals surface area contributed by atoms with Crippen LogP contribution in [0.4, 0.5) is 0 Å². The van der Waals surface area contributed by atoms with Gasteiger partial charge < -0.3 is 10.2 Å². The highest BCUT2D eigenvalue weighted by Gasteiger charge is 2.11. The largest absolute Gasteiger partial charge is 0.311 e. The molecule has 2 aromatic carbocycles. The van der Waals surface area contributed by atoms with Crippen molar-refractivity contribution in [1.29, 1.82) is 0 Å². The molecule has 27 heavy (non-hydrogen) atoms. The summed E-state index contributed by atoms with van der Waals surface area (Å²) in [5.41, 5.74) is 5.25. The number of nitrogens with one attached hydrogen (secondary N) is 3. The lowest BCUT2D eigenvalue weighted by atomic mass is 10.0. The van der Waals surface area contributed by atoms with Crippen LogP contribution in [0.2, 0.25) is 0 Å². The zero-order valence-electron chi connectivity index (χ0n) is 15.5. The number of likely N-dealkylation sites (N-methyl/N-ethyl adjacent to an activating group) is 1. The van der Waals surface area contributed by atoms with Crippen LogP contribution < -0.4 is 5.32 Å². The first-order valence-electron chi connectivity index (χ1n) is 9.00. The molecule has 0 saturated carbocycles. The molecule has 0 aliphatic heterocycles. The van der Waals surface area contributed by atoms with Crippen molar-refractivity contribution in [3.8, 4) is 22.6 Å². The first-order chi connectivity index (χ1) is 13.2. The van der Waals surface area contributed by atoms with Gasteiger partial charge in [-0.25, -0.2) is 4.98 Å². The maximum atomic E-state index is 4.55. The Hall–Kier alpha value is -3.03. The zero-order chi connectivity index (χ0) is 18.6. The van der Waals surface area contributed by atoms with E-state index in [-0.39, 0.29) is 0 Å². The Morgan fingerprint density at radius 1 is 1.04 bits per heavy atom.